The number of sulfonamides is 1. The van der Waals surface area contributed by atoms with Crippen molar-refractivity contribution in [1.82, 2.24) is 4.72 Å². The lowest BCUT2D eigenvalue weighted by atomic mass is 9.76. The first-order valence-corrected chi connectivity index (χ1v) is 7.76. The molecule has 4 nitrogen and oxygen atoms in total. The van der Waals surface area contributed by atoms with Gasteiger partial charge in [0.05, 0.1) is 4.90 Å². The van der Waals surface area contributed by atoms with E-state index in [1.807, 2.05) is 13.8 Å². The molecule has 0 spiro atoms. The maximum atomic E-state index is 12.3. The molecule has 0 unspecified atom stereocenters. The second-order valence-electron chi connectivity index (χ2n) is 5.17. The lowest BCUT2D eigenvalue weighted by molar-refractivity contribution is 0.214. The molecule has 3 N–H and O–H groups in total. The maximum Gasteiger partial charge on any atom is 0.241 e. The lowest BCUT2D eigenvalue weighted by Gasteiger charge is -2.41. The van der Waals surface area contributed by atoms with Crippen molar-refractivity contribution in [2.75, 3.05) is 5.73 Å². The monoisotopic (exact) mass is 268 g/mol. The Labute approximate surface area is 109 Å². The number of benzene rings is 1. The van der Waals surface area contributed by atoms with Crippen molar-refractivity contribution in [1.29, 1.82) is 0 Å². The standard InChI is InChI=1S/C13H20N2O2S/c1-3-13(5-4-6-13)15-18(16,17)12-8-10(2)7-11(14)9-12/h7-9,15H,3-6,14H2,1-2H3. The highest BCUT2D eigenvalue weighted by Crippen LogP contribution is 2.36. The van der Waals surface area contributed by atoms with Crippen LogP contribution in [0.3, 0.4) is 0 Å². The third kappa shape index (κ3) is 2.52. The van der Waals surface area contributed by atoms with E-state index in [1.54, 1.807) is 12.1 Å². The zero-order valence-electron chi connectivity index (χ0n) is 10.9. The average molecular weight is 268 g/mol. The van der Waals surface area contributed by atoms with Crippen molar-refractivity contribution >= 4 is 15.7 Å². The maximum absolute atomic E-state index is 12.3. The molecule has 1 aromatic carbocycles. The molecule has 0 aromatic heterocycles. The van der Waals surface area contributed by atoms with E-state index in [4.69, 9.17) is 5.73 Å². The van der Waals surface area contributed by atoms with Crippen LogP contribution in [0.1, 0.15) is 38.2 Å². The van der Waals surface area contributed by atoms with Gasteiger partial charge in [-0.05, 0) is 56.4 Å². The summed E-state index contributed by atoms with van der Waals surface area (Å²) in [4.78, 5) is 0.264. The predicted molar refractivity (Wildman–Crippen MR) is 72.8 cm³/mol. The van der Waals surface area contributed by atoms with Gasteiger partial charge in [0.2, 0.25) is 10.0 Å². The third-order valence-electron chi connectivity index (χ3n) is 3.72. The minimum Gasteiger partial charge on any atom is -0.399 e. The van der Waals surface area contributed by atoms with E-state index < -0.39 is 10.0 Å². The van der Waals surface area contributed by atoms with Crippen molar-refractivity contribution in [2.24, 2.45) is 0 Å². The SMILES string of the molecule is CCC1(NS(=O)(=O)c2cc(C)cc(N)c2)CCC1. The Morgan fingerprint density at radius 3 is 2.44 bits per heavy atom. The predicted octanol–water partition coefficient (Wildman–Crippen LogP) is 2.19. The first-order chi connectivity index (χ1) is 8.37. The molecule has 0 aliphatic heterocycles. The van der Waals surface area contributed by atoms with Crippen LogP contribution in [0.15, 0.2) is 23.1 Å². The molecule has 1 saturated carbocycles. The molecule has 1 fully saturated rings. The highest BCUT2D eigenvalue weighted by molar-refractivity contribution is 7.89. The number of hydrogen-bond acceptors (Lipinski definition) is 3. The van der Waals surface area contributed by atoms with Crippen LogP contribution in [0.2, 0.25) is 0 Å². The van der Waals surface area contributed by atoms with E-state index in [0.717, 1.165) is 31.2 Å². The summed E-state index contributed by atoms with van der Waals surface area (Å²) in [5, 5.41) is 0. The number of nitrogens with one attached hydrogen (secondary N) is 1. The molecule has 5 heteroatoms. The molecule has 100 valence electrons. The molecule has 0 atom stereocenters. The number of rotatable bonds is 4. The summed E-state index contributed by atoms with van der Waals surface area (Å²) >= 11 is 0. The van der Waals surface area contributed by atoms with E-state index in [-0.39, 0.29) is 10.4 Å². The molecule has 0 amide bonds. The molecule has 0 radical (unpaired) electrons. The Bertz CT molecular complexity index is 522. The first kappa shape index (κ1) is 13.4. The molecular formula is C13H20N2O2S. The van der Waals surface area contributed by atoms with Gasteiger partial charge in [0, 0.05) is 11.2 Å². The minimum atomic E-state index is -3.47. The number of nitrogens with two attached hydrogens (primary N) is 1. The van der Waals surface area contributed by atoms with E-state index >= 15 is 0 Å². The van der Waals surface area contributed by atoms with Crippen molar-refractivity contribution in [3.63, 3.8) is 0 Å². The average Bonchev–Trinajstić information content (AvgIpc) is 2.22. The molecular weight excluding hydrogens is 248 g/mol. The number of hydrogen-bond donors (Lipinski definition) is 2. The molecule has 1 aliphatic carbocycles. The topological polar surface area (TPSA) is 72.2 Å². The van der Waals surface area contributed by atoms with Crippen LogP contribution in [0.4, 0.5) is 5.69 Å². The first-order valence-electron chi connectivity index (χ1n) is 6.28. The highest BCUT2D eigenvalue weighted by atomic mass is 32.2. The molecule has 18 heavy (non-hydrogen) atoms. The van der Waals surface area contributed by atoms with Gasteiger partial charge in [0.15, 0.2) is 0 Å². The van der Waals surface area contributed by atoms with Crippen molar-refractivity contribution in [3.05, 3.63) is 23.8 Å². The second kappa shape index (κ2) is 4.55. The summed E-state index contributed by atoms with van der Waals surface area (Å²) < 4.78 is 27.5. The van der Waals surface area contributed by atoms with Crippen molar-refractivity contribution < 1.29 is 8.42 Å². The van der Waals surface area contributed by atoms with Gasteiger partial charge in [-0.1, -0.05) is 6.92 Å². The summed E-state index contributed by atoms with van der Waals surface area (Å²) in [6, 6.07) is 4.93. The lowest BCUT2D eigenvalue weighted by Crippen LogP contribution is -2.52. The van der Waals surface area contributed by atoms with Crippen LogP contribution in [-0.4, -0.2) is 14.0 Å². The van der Waals surface area contributed by atoms with E-state index in [2.05, 4.69) is 4.72 Å². The fraction of sp³-hybridized carbons (Fsp3) is 0.538. The zero-order valence-corrected chi connectivity index (χ0v) is 11.7. The van der Waals surface area contributed by atoms with Gasteiger partial charge in [-0.15, -0.1) is 0 Å². The van der Waals surface area contributed by atoms with E-state index in [9.17, 15) is 8.42 Å². The Morgan fingerprint density at radius 2 is 2.00 bits per heavy atom. The zero-order chi connectivity index (χ0) is 13.4. The molecule has 2 rings (SSSR count). The van der Waals surface area contributed by atoms with E-state index in [1.165, 1.54) is 6.07 Å². The summed E-state index contributed by atoms with van der Waals surface area (Å²) in [6.07, 6.45) is 3.76. The van der Waals surface area contributed by atoms with Gasteiger partial charge in [-0.2, -0.15) is 0 Å². The second-order valence-corrected chi connectivity index (χ2v) is 6.85. The normalized spacial score (nSPS) is 18.3. The van der Waals surface area contributed by atoms with Gasteiger partial charge in [-0.25, -0.2) is 13.1 Å². The molecule has 1 aromatic rings. The Hall–Kier alpha value is -1.07. The summed E-state index contributed by atoms with van der Waals surface area (Å²) in [7, 11) is -3.47. The molecule has 0 heterocycles. The molecule has 0 bridgehead atoms. The van der Waals surface area contributed by atoms with Crippen LogP contribution in [0, 0.1) is 6.92 Å². The number of aryl methyl sites for hydroxylation is 1. The number of nitrogen functional groups attached to an aromatic ring is 1. The summed E-state index contributed by atoms with van der Waals surface area (Å²) in [5.41, 5.74) is 6.80. The van der Waals surface area contributed by atoms with Crippen LogP contribution in [0.5, 0.6) is 0 Å². The summed E-state index contributed by atoms with van der Waals surface area (Å²) in [5.74, 6) is 0. The molecule has 1 aliphatic rings. The fourth-order valence-electron chi connectivity index (χ4n) is 2.41. The van der Waals surface area contributed by atoms with Gasteiger partial charge < -0.3 is 5.73 Å². The van der Waals surface area contributed by atoms with E-state index in [0.29, 0.717) is 5.69 Å². The quantitative estimate of drug-likeness (QED) is 0.822. The summed E-state index contributed by atoms with van der Waals surface area (Å²) in [6.45, 7) is 3.86. The smallest absolute Gasteiger partial charge is 0.241 e. The largest absolute Gasteiger partial charge is 0.399 e. The Kier molecular flexibility index (Phi) is 3.38. The third-order valence-corrected chi connectivity index (χ3v) is 5.28. The molecule has 0 saturated heterocycles. The fourth-order valence-corrected chi connectivity index (χ4v) is 4.08. The van der Waals surface area contributed by atoms with Gasteiger partial charge >= 0.3 is 0 Å². The van der Waals surface area contributed by atoms with Crippen LogP contribution in [-0.2, 0) is 10.0 Å². The van der Waals surface area contributed by atoms with Gasteiger partial charge in [0.25, 0.3) is 0 Å². The van der Waals surface area contributed by atoms with Gasteiger partial charge in [0.1, 0.15) is 0 Å². The van der Waals surface area contributed by atoms with Gasteiger partial charge in [-0.3, -0.25) is 0 Å². The minimum absolute atomic E-state index is 0.239. The Balaban J connectivity index is 2.30. The van der Waals surface area contributed by atoms with Crippen LogP contribution in [0.25, 0.3) is 0 Å². The number of anilines is 1. The van der Waals surface area contributed by atoms with Crippen LogP contribution < -0.4 is 10.5 Å². The van der Waals surface area contributed by atoms with Crippen LogP contribution >= 0.6 is 0 Å². The highest BCUT2D eigenvalue weighted by Gasteiger charge is 2.39. The Morgan fingerprint density at radius 1 is 1.33 bits per heavy atom. The van der Waals surface area contributed by atoms with Crippen molar-refractivity contribution in [2.45, 2.75) is 50.0 Å². The van der Waals surface area contributed by atoms with Crippen molar-refractivity contribution in [3.8, 4) is 0 Å².